The number of benzene rings is 6. The van der Waals surface area contributed by atoms with Gasteiger partial charge in [-0.05, 0) is 72.2 Å². The Morgan fingerprint density at radius 1 is 0.569 bits per heavy atom. The summed E-state index contributed by atoms with van der Waals surface area (Å²) in [5.41, 5.74) is 23.9. The number of methoxy groups -OCH3 is 4. The summed E-state index contributed by atoms with van der Waals surface area (Å²) in [7, 11) is 5.76. The molecule has 0 saturated carbocycles. The number of fused-ring (bicyclic) bond motifs is 7. The fourth-order valence-electron chi connectivity index (χ4n) is 9.18. The number of nitrogens with two attached hydrogens (primary N) is 3. The summed E-state index contributed by atoms with van der Waals surface area (Å²) < 4.78 is 49.3. The molecule has 0 unspecified atom stereocenters. The quantitative estimate of drug-likeness (QED) is 0.0470. The molecule has 16 heteroatoms. The van der Waals surface area contributed by atoms with Gasteiger partial charge in [-0.15, -0.1) is 0 Å². The molecular formula is C56H52N4O12. The first kappa shape index (κ1) is 48.6. The normalized spacial score (nSPS) is 13.0. The predicted octanol–water partition coefficient (Wildman–Crippen LogP) is 7.10. The molecule has 0 fully saturated rings. The van der Waals surface area contributed by atoms with E-state index in [2.05, 4.69) is 0 Å². The van der Waals surface area contributed by atoms with Gasteiger partial charge in [-0.25, -0.2) is 19.2 Å². The summed E-state index contributed by atoms with van der Waals surface area (Å²) in [4.78, 5) is 55.4. The van der Waals surface area contributed by atoms with E-state index >= 15 is 0 Å². The molecule has 72 heavy (non-hydrogen) atoms. The van der Waals surface area contributed by atoms with Crippen LogP contribution in [0.5, 0.6) is 40.2 Å². The van der Waals surface area contributed by atoms with Crippen LogP contribution in [0.1, 0.15) is 22.3 Å². The summed E-state index contributed by atoms with van der Waals surface area (Å²) in [6.07, 6.45) is 0.926. The van der Waals surface area contributed by atoms with Gasteiger partial charge in [-0.3, -0.25) is 0 Å². The molecule has 3 heterocycles. The van der Waals surface area contributed by atoms with E-state index in [1.807, 2.05) is 95.6 Å². The number of carbonyl (C=O) groups excluding carboxylic acids is 3. The van der Waals surface area contributed by atoms with Crippen LogP contribution in [0.2, 0.25) is 0 Å². The number of hydrogen-bond acceptors (Lipinski definition) is 15. The SMILES string of the molecule is COc1cc(-c2c3n(c4c(=O)oc5cc(OC(=O)[C@@H](N)Cc6ccccc6)c(OC)cc5c24)CCc2c-3cc(OC)c(OC)c2OC(=O)[C@@H](N)Cc2ccccc2)ccc1OC(=O)[C@@H](N)Cc1ccccc1. The molecule has 0 saturated heterocycles. The van der Waals surface area contributed by atoms with Crippen molar-refractivity contribution in [1.82, 2.24) is 4.57 Å². The Morgan fingerprint density at radius 2 is 1.08 bits per heavy atom. The van der Waals surface area contributed by atoms with Crippen molar-refractivity contribution in [2.24, 2.45) is 17.2 Å². The molecule has 2 aromatic heterocycles. The molecule has 16 nitrogen and oxygen atoms in total. The van der Waals surface area contributed by atoms with Crippen molar-refractivity contribution in [1.29, 1.82) is 0 Å². The number of rotatable bonds is 17. The Hall–Kier alpha value is -8.44. The molecule has 6 aromatic carbocycles. The van der Waals surface area contributed by atoms with Crippen LogP contribution >= 0.6 is 0 Å². The lowest BCUT2D eigenvalue weighted by Crippen LogP contribution is -2.36. The summed E-state index contributed by atoms with van der Waals surface area (Å²) in [6, 6.07) is 34.7. The van der Waals surface area contributed by atoms with Gasteiger partial charge in [-0.2, -0.15) is 0 Å². The Balaban J connectivity index is 1.21. The van der Waals surface area contributed by atoms with Gasteiger partial charge in [0.25, 0.3) is 0 Å². The lowest BCUT2D eigenvalue weighted by molar-refractivity contribution is -0.136. The van der Waals surface area contributed by atoms with Gasteiger partial charge in [0.15, 0.2) is 34.5 Å². The maximum atomic E-state index is 14.6. The van der Waals surface area contributed by atoms with Gasteiger partial charge in [-0.1, -0.05) is 97.1 Å². The molecule has 0 radical (unpaired) electrons. The first-order valence-electron chi connectivity index (χ1n) is 23.1. The van der Waals surface area contributed by atoms with Crippen LogP contribution in [-0.2, 0) is 46.6 Å². The van der Waals surface area contributed by atoms with Gasteiger partial charge in [0.2, 0.25) is 5.75 Å². The van der Waals surface area contributed by atoms with Crippen LogP contribution in [0.3, 0.4) is 0 Å². The third-order valence-electron chi connectivity index (χ3n) is 12.6. The van der Waals surface area contributed by atoms with Crippen molar-refractivity contribution in [2.75, 3.05) is 28.4 Å². The number of aryl methyl sites for hydroxylation is 1. The summed E-state index contributed by atoms with van der Waals surface area (Å²) in [5, 5.41) is 0.838. The summed E-state index contributed by atoms with van der Waals surface area (Å²) >= 11 is 0. The largest absolute Gasteiger partial charge is 0.493 e. The highest BCUT2D eigenvalue weighted by molar-refractivity contribution is 6.17. The van der Waals surface area contributed by atoms with E-state index in [4.69, 9.17) is 54.8 Å². The molecule has 3 atom stereocenters. The summed E-state index contributed by atoms with van der Waals surface area (Å²) in [5.74, 6) is -1.21. The molecule has 8 aromatic rings. The molecule has 0 aliphatic carbocycles. The van der Waals surface area contributed by atoms with Crippen molar-refractivity contribution in [3.05, 3.63) is 160 Å². The van der Waals surface area contributed by atoms with Crippen molar-refractivity contribution in [3.8, 4) is 62.6 Å². The van der Waals surface area contributed by atoms with Crippen LogP contribution in [0, 0.1) is 0 Å². The molecule has 0 bridgehead atoms. The lowest BCUT2D eigenvalue weighted by atomic mass is 9.91. The van der Waals surface area contributed by atoms with Crippen molar-refractivity contribution in [3.63, 3.8) is 0 Å². The van der Waals surface area contributed by atoms with Gasteiger partial charge in [0, 0.05) is 40.1 Å². The van der Waals surface area contributed by atoms with Crippen molar-refractivity contribution < 1.29 is 52.0 Å². The van der Waals surface area contributed by atoms with Gasteiger partial charge in [0.05, 0.1) is 34.1 Å². The van der Waals surface area contributed by atoms with E-state index in [-0.39, 0.29) is 83.6 Å². The maximum Gasteiger partial charge on any atom is 0.361 e. The molecular weight excluding hydrogens is 921 g/mol. The van der Waals surface area contributed by atoms with Gasteiger partial charge in [0.1, 0.15) is 29.2 Å². The minimum atomic E-state index is -1.03. The number of nitrogens with zero attached hydrogens (tertiary/aromatic N) is 1. The van der Waals surface area contributed by atoms with Gasteiger partial charge >= 0.3 is 23.5 Å². The second-order valence-corrected chi connectivity index (χ2v) is 17.2. The molecule has 6 N–H and O–H groups in total. The second kappa shape index (κ2) is 20.9. The minimum absolute atomic E-state index is 0.0241. The number of ether oxygens (including phenoxy) is 7. The zero-order chi connectivity index (χ0) is 50.6. The average molecular weight is 973 g/mol. The van der Waals surface area contributed by atoms with Crippen molar-refractivity contribution >= 4 is 39.8 Å². The molecule has 368 valence electrons. The highest BCUT2D eigenvalue weighted by atomic mass is 16.6. The van der Waals surface area contributed by atoms with E-state index in [0.717, 1.165) is 16.7 Å². The number of carbonyl (C=O) groups is 3. The van der Waals surface area contributed by atoms with Gasteiger partial charge < -0.3 is 59.3 Å². The first-order chi connectivity index (χ1) is 34.9. The maximum absolute atomic E-state index is 14.6. The smallest absolute Gasteiger partial charge is 0.361 e. The second-order valence-electron chi connectivity index (χ2n) is 17.2. The topological polar surface area (TPSA) is 229 Å². The highest BCUT2D eigenvalue weighted by Crippen LogP contribution is 2.53. The summed E-state index contributed by atoms with van der Waals surface area (Å²) in [6.45, 7) is 0.198. The Bertz CT molecular complexity index is 3390. The third kappa shape index (κ3) is 9.57. The van der Waals surface area contributed by atoms with Crippen LogP contribution in [0.15, 0.2) is 137 Å². The molecule has 1 aliphatic heterocycles. The van der Waals surface area contributed by atoms with Crippen LogP contribution < -0.4 is 56.0 Å². The van der Waals surface area contributed by atoms with E-state index in [1.165, 1.54) is 34.5 Å². The zero-order valence-corrected chi connectivity index (χ0v) is 40.0. The number of hydrogen-bond donors (Lipinski definition) is 3. The zero-order valence-electron chi connectivity index (χ0n) is 40.0. The number of esters is 3. The first-order valence-corrected chi connectivity index (χ1v) is 23.1. The fourth-order valence-corrected chi connectivity index (χ4v) is 9.18. The standard InChI is InChI=1S/C56H52N4O12/c1-65-43-27-34(20-21-41(43)69-53(61)38(57)24-31-14-8-5-9-15-31)47-48-37-29-44(66-2)45(71-54(62)39(58)25-32-16-10-6-11-17-32)30-42(37)70-56(64)50(48)60-23-22-35-36(49(47)60)28-46(67-3)52(68-4)51(35)72-55(63)40(59)26-33-18-12-7-13-19-33/h5-21,27-30,38-40H,22-26,57-59H2,1-4H3/t38-,39-,40-/m0/s1. The van der Waals surface area contributed by atoms with E-state index in [1.54, 1.807) is 30.3 Å². The average Bonchev–Trinajstić information content (AvgIpc) is 3.75. The lowest BCUT2D eigenvalue weighted by Gasteiger charge is -2.26. The number of aromatic nitrogens is 1. The minimum Gasteiger partial charge on any atom is -0.493 e. The molecule has 9 rings (SSSR count). The molecule has 1 aliphatic rings. The predicted molar refractivity (Wildman–Crippen MR) is 270 cm³/mol. The van der Waals surface area contributed by atoms with E-state index in [0.29, 0.717) is 38.7 Å². The monoisotopic (exact) mass is 972 g/mol. The Labute approximate surface area is 413 Å². The van der Waals surface area contributed by atoms with Crippen molar-refractivity contribution in [2.45, 2.75) is 50.4 Å². The van der Waals surface area contributed by atoms with Crippen LogP contribution in [0.4, 0.5) is 0 Å². The highest BCUT2D eigenvalue weighted by Gasteiger charge is 2.35. The van der Waals surface area contributed by atoms with Crippen LogP contribution in [0.25, 0.3) is 44.3 Å². The van der Waals surface area contributed by atoms with E-state index in [9.17, 15) is 19.2 Å². The van der Waals surface area contributed by atoms with Crippen LogP contribution in [-0.4, -0.2) is 69.0 Å². The molecule has 0 amide bonds. The van der Waals surface area contributed by atoms with E-state index < -0.39 is 41.7 Å². The Morgan fingerprint density at radius 3 is 1.61 bits per heavy atom. The fraction of sp³-hybridized carbons (Fsp3) is 0.214. The molecule has 0 spiro atoms. The third-order valence-corrected chi connectivity index (χ3v) is 12.6. The Kier molecular flexibility index (Phi) is 14.1.